The molecule has 4 nitrogen and oxygen atoms in total. The number of hydrogen-bond acceptors (Lipinski definition) is 3. The lowest BCUT2D eigenvalue weighted by Crippen LogP contribution is -2.03. The number of rotatable bonds is 0. The van der Waals surface area contributed by atoms with E-state index in [0.717, 1.165) is 4.47 Å². The molecule has 1 N–H and O–H groups in total. The molecular weight excluding hydrogens is 224 g/mol. The molecule has 2 heterocycles. The van der Waals surface area contributed by atoms with Gasteiger partial charge in [0.05, 0.1) is 10.8 Å². The SMILES string of the molecule is Cc1oc2c(=O)[nH]cnc2c1Br. The molecule has 0 aromatic carbocycles. The highest BCUT2D eigenvalue weighted by Gasteiger charge is 2.11. The fourth-order valence-corrected chi connectivity index (χ4v) is 1.37. The first-order valence-electron chi connectivity index (χ1n) is 3.32. The van der Waals surface area contributed by atoms with Crippen molar-refractivity contribution in [3.63, 3.8) is 0 Å². The molecule has 0 fully saturated rings. The Balaban J connectivity index is 3.05. The number of aryl methyl sites for hydroxylation is 1. The van der Waals surface area contributed by atoms with E-state index in [1.807, 2.05) is 0 Å². The number of nitrogens with zero attached hydrogens (tertiary/aromatic N) is 1. The van der Waals surface area contributed by atoms with Gasteiger partial charge in [0.15, 0.2) is 0 Å². The van der Waals surface area contributed by atoms with Crippen LogP contribution in [0.25, 0.3) is 11.1 Å². The number of nitrogens with one attached hydrogen (secondary N) is 1. The van der Waals surface area contributed by atoms with Gasteiger partial charge in [-0.2, -0.15) is 0 Å². The summed E-state index contributed by atoms with van der Waals surface area (Å²) in [5.41, 5.74) is 0.576. The molecule has 0 amide bonds. The molecule has 0 aliphatic rings. The highest BCUT2D eigenvalue weighted by molar-refractivity contribution is 9.10. The van der Waals surface area contributed by atoms with E-state index in [1.165, 1.54) is 6.33 Å². The van der Waals surface area contributed by atoms with E-state index in [1.54, 1.807) is 6.92 Å². The first-order chi connectivity index (χ1) is 5.70. The van der Waals surface area contributed by atoms with Crippen LogP contribution in [0.15, 0.2) is 20.0 Å². The Morgan fingerprint density at radius 1 is 1.67 bits per heavy atom. The zero-order chi connectivity index (χ0) is 8.72. The molecule has 2 aromatic heterocycles. The zero-order valence-corrected chi connectivity index (χ0v) is 7.81. The third-order valence-electron chi connectivity index (χ3n) is 1.58. The smallest absolute Gasteiger partial charge is 0.294 e. The molecular formula is C7H5BrN2O2. The summed E-state index contributed by atoms with van der Waals surface area (Å²) in [5, 5.41) is 0. The van der Waals surface area contributed by atoms with Gasteiger partial charge < -0.3 is 9.40 Å². The standard InChI is InChI=1S/C7H5BrN2O2/c1-3-4(8)5-6(12-3)7(11)10-2-9-5/h2H,1H3,(H,9,10,11). The molecule has 12 heavy (non-hydrogen) atoms. The van der Waals surface area contributed by atoms with Crippen LogP contribution >= 0.6 is 15.9 Å². The summed E-state index contributed by atoms with van der Waals surface area (Å²) in [4.78, 5) is 17.5. The van der Waals surface area contributed by atoms with E-state index >= 15 is 0 Å². The maximum atomic E-state index is 11.1. The van der Waals surface area contributed by atoms with Gasteiger partial charge in [-0.1, -0.05) is 0 Å². The lowest BCUT2D eigenvalue weighted by atomic mass is 10.4. The summed E-state index contributed by atoms with van der Waals surface area (Å²) in [7, 11) is 0. The number of aromatic nitrogens is 2. The third-order valence-corrected chi connectivity index (χ3v) is 2.52. The molecule has 2 aromatic rings. The summed E-state index contributed by atoms with van der Waals surface area (Å²) < 4.78 is 5.92. The van der Waals surface area contributed by atoms with Crippen molar-refractivity contribution in [2.24, 2.45) is 0 Å². The number of furan rings is 1. The van der Waals surface area contributed by atoms with Crippen LogP contribution in [0.3, 0.4) is 0 Å². The van der Waals surface area contributed by atoms with Crippen molar-refractivity contribution >= 4 is 27.0 Å². The Kier molecular flexibility index (Phi) is 1.54. The molecule has 0 spiro atoms. The van der Waals surface area contributed by atoms with Crippen LogP contribution < -0.4 is 5.56 Å². The third kappa shape index (κ3) is 0.896. The minimum Gasteiger partial charge on any atom is -0.453 e. The molecule has 0 atom stereocenters. The molecule has 0 saturated carbocycles. The Morgan fingerprint density at radius 3 is 3.08 bits per heavy atom. The second kappa shape index (κ2) is 2.45. The molecule has 0 radical (unpaired) electrons. The van der Waals surface area contributed by atoms with Gasteiger partial charge in [-0.3, -0.25) is 4.79 Å². The van der Waals surface area contributed by atoms with Crippen molar-refractivity contribution in [1.82, 2.24) is 9.97 Å². The van der Waals surface area contributed by atoms with Crippen LogP contribution in [0, 0.1) is 6.92 Å². The van der Waals surface area contributed by atoms with Gasteiger partial charge in [0.2, 0.25) is 5.58 Å². The molecule has 2 rings (SSSR count). The second-order valence-electron chi connectivity index (χ2n) is 2.38. The predicted octanol–water partition coefficient (Wildman–Crippen LogP) is 1.59. The Bertz CT molecular complexity index is 486. The fraction of sp³-hybridized carbons (Fsp3) is 0.143. The lowest BCUT2D eigenvalue weighted by molar-refractivity contribution is 0.571. The average Bonchev–Trinajstić information content (AvgIpc) is 2.32. The summed E-state index contributed by atoms with van der Waals surface area (Å²) in [6, 6.07) is 0. The average molecular weight is 229 g/mol. The molecule has 0 saturated heterocycles. The molecule has 0 aliphatic carbocycles. The van der Waals surface area contributed by atoms with E-state index in [2.05, 4.69) is 25.9 Å². The molecule has 0 aliphatic heterocycles. The van der Waals surface area contributed by atoms with Gasteiger partial charge in [0, 0.05) is 0 Å². The summed E-state index contributed by atoms with van der Waals surface area (Å²) in [6.45, 7) is 1.77. The van der Waals surface area contributed by atoms with Crippen LogP contribution in [0.4, 0.5) is 0 Å². The second-order valence-corrected chi connectivity index (χ2v) is 3.17. The molecule has 0 unspecified atom stereocenters. The predicted molar refractivity (Wildman–Crippen MR) is 47.1 cm³/mol. The van der Waals surface area contributed by atoms with Crippen molar-refractivity contribution in [3.05, 3.63) is 26.9 Å². The minimum absolute atomic E-state index is 0.256. The summed E-state index contributed by atoms with van der Waals surface area (Å²) in [5.74, 6) is 0.661. The Labute approximate surface area is 75.7 Å². The number of aromatic amines is 1. The van der Waals surface area contributed by atoms with Gasteiger partial charge in [0.25, 0.3) is 5.56 Å². The topological polar surface area (TPSA) is 58.9 Å². The zero-order valence-electron chi connectivity index (χ0n) is 6.22. The number of fused-ring (bicyclic) bond motifs is 1. The van der Waals surface area contributed by atoms with E-state index in [4.69, 9.17) is 4.42 Å². The maximum Gasteiger partial charge on any atom is 0.294 e. The Hall–Kier alpha value is -1.10. The first-order valence-corrected chi connectivity index (χ1v) is 4.11. The van der Waals surface area contributed by atoms with Crippen molar-refractivity contribution in [2.45, 2.75) is 6.92 Å². The summed E-state index contributed by atoms with van der Waals surface area (Å²) >= 11 is 3.28. The van der Waals surface area contributed by atoms with Crippen molar-refractivity contribution in [3.8, 4) is 0 Å². The molecule has 5 heteroatoms. The van der Waals surface area contributed by atoms with E-state index < -0.39 is 0 Å². The lowest BCUT2D eigenvalue weighted by Gasteiger charge is -1.83. The van der Waals surface area contributed by atoms with Gasteiger partial charge in [-0.25, -0.2) is 4.98 Å². The largest absolute Gasteiger partial charge is 0.453 e. The minimum atomic E-state index is -0.256. The van der Waals surface area contributed by atoms with Gasteiger partial charge in [-0.05, 0) is 22.9 Å². The Morgan fingerprint density at radius 2 is 2.42 bits per heavy atom. The normalized spacial score (nSPS) is 10.8. The van der Waals surface area contributed by atoms with E-state index in [0.29, 0.717) is 11.3 Å². The molecule has 0 bridgehead atoms. The first kappa shape index (κ1) is 7.54. The highest BCUT2D eigenvalue weighted by atomic mass is 79.9. The monoisotopic (exact) mass is 228 g/mol. The van der Waals surface area contributed by atoms with Crippen LogP contribution in [-0.4, -0.2) is 9.97 Å². The fourth-order valence-electron chi connectivity index (χ4n) is 1.00. The van der Waals surface area contributed by atoms with Crippen molar-refractivity contribution in [2.75, 3.05) is 0 Å². The van der Waals surface area contributed by atoms with Gasteiger partial charge in [0.1, 0.15) is 11.3 Å². The van der Waals surface area contributed by atoms with Crippen LogP contribution in [0.1, 0.15) is 5.76 Å². The van der Waals surface area contributed by atoms with Gasteiger partial charge in [-0.15, -0.1) is 0 Å². The van der Waals surface area contributed by atoms with Gasteiger partial charge >= 0.3 is 0 Å². The highest BCUT2D eigenvalue weighted by Crippen LogP contribution is 2.25. The number of H-pyrrole nitrogens is 1. The van der Waals surface area contributed by atoms with E-state index in [9.17, 15) is 4.79 Å². The number of halogens is 1. The quantitative estimate of drug-likeness (QED) is 0.746. The van der Waals surface area contributed by atoms with Crippen molar-refractivity contribution < 1.29 is 4.42 Å². The maximum absolute atomic E-state index is 11.1. The van der Waals surface area contributed by atoms with Crippen LogP contribution in [-0.2, 0) is 0 Å². The summed E-state index contributed by atoms with van der Waals surface area (Å²) in [6.07, 6.45) is 1.35. The van der Waals surface area contributed by atoms with Crippen LogP contribution in [0.5, 0.6) is 0 Å². The van der Waals surface area contributed by atoms with Crippen LogP contribution in [0.2, 0.25) is 0 Å². The molecule has 62 valence electrons. The number of hydrogen-bond donors (Lipinski definition) is 1. The van der Waals surface area contributed by atoms with Crippen molar-refractivity contribution in [1.29, 1.82) is 0 Å². The van der Waals surface area contributed by atoms with E-state index in [-0.39, 0.29) is 11.1 Å².